The molecule has 96 valence electrons. The molecule has 18 heavy (non-hydrogen) atoms. The lowest BCUT2D eigenvalue weighted by Crippen LogP contribution is -2.31. The van der Waals surface area contributed by atoms with Gasteiger partial charge < -0.3 is 5.11 Å². The Morgan fingerprint density at radius 3 is 2.67 bits per heavy atom. The first-order chi connectivity index (χ1) is 8.50. The van der Waals surface area contributed by atoms with Gasteiger partial charge in [0.25, 0.3) is 0 Å². The third-order valence-corrected chi connectivity index (χ3v) is 4.64. The highest BCUT2D eigenvalue weighted by Gasteiger charge is 2.57. The van der Waals surface area contributed by atoms with E-state index in [-0.39, 0.29) is 5.02 Å². The fourth-order valence-corrected chi connectivity index (χ4v) is 3.54. The van der Waals surface area contributed by atoms with E-state index in [0.29, 0.717) is 18.3 Å². The van der Waals surface area contributed by atoms with Gasteiger partial charge in [-0.15, -0.1) is 0 Å². The van der Waals surface area contributed by atoms with Crippen LogP contribution in [0.2, 0.25) is 5.02 Å². The van der Waals surface area contributed by atoms with Crippen LogP contribution in [0.15, 0.2) is 18.2 Å². The largest absolute Gasteiger partial charge is 0.481 e. The van der Waals surface area contributed by atoms with E-state index in [1.54, 1.807) is 12.1 Å². The number of benzene rings is 1. The minimum absolute atomic E-state index is 0.0659. The molecule has 0 spiro atoms. The molecule has 2 aliphatic rings. The van der Waals surface area contributed by atoms with Gasteiger partial charge in [0.2, 0.25) is 0 Å². The van der Waals surface area contributed by atoms with Crippen LogP contribution < -0.4 is 0 Å². The summed E-state index contributed by atoms with van der Waals surface area (Å²) < 4.78 is 13.1. The van der Waals surface area contributed by atoms with Gasteiger partial charge in [-0.2, -0.15) is 0 Å². The van der Waals surface area contributed by atoms with Gasteiger partial charge in [0.15, 0.2) is 0 Å². The first kappa shape index (κ1) is 12.0. The number of hydrogen-bond donors (Lipinski definition) is 1. The van der Waals surface area contributed by atoms with Gasteiger partial charge in [-0.25, -0.2) is 4.39 Å². The van der Waals surface area contributed by atoms with Gasteiger partial charge in [0.05, 0.1) is 10.4 Å². The molecule has 0 aromatic heterocycles. The Morgan fingerprint density at radius 2 is 2.11 bits per heavy atom. The van der Waals surface area contributed by atoms with Crippen molar-refractivity contribution in [3.8, 4) is 0 Å². The molecule has 0 aliphatic heterocycles. The summed E-state index contributed by atoms with van der Waals surface area (Å²) in [4.78, 5) is 11.5. The number of fused-ring (bicyclic) bond motifs is 1. The Morgan fingerprint density at radius 1 is 1.44 bits per heavy atom. The molecule has 0 heterocycles. The summed E-state index contributed by atoms with van der Waals surface area (Å²) in [7, 11) is 0. The summed E-state index contributed by atoms with van der Waals surface area (Å²) in [6.07, 6.45) is 3.14. The summed E-state index contributed by atoms with van der Waals surface area (Å²) in [5.41, 5.74) is 0.152. The van der Waals surface area contributed by atoms with E-state index >= 15 is 0 Å². The number of carboxylic acid groups (broad SMARTS) is 1. The fourth-order valence-electron chi connectivity index (χ4n) is 3.33. The molecule has 2 fully saturated rings. The van der Waals surface area contributed by atoms with E-state index in [1.165, 1.54) is 12.5 Å². The number of halogens is 2. The van der Waals surface area contributed by atoms with Crippen LogP contribution >= 0.6 is 11.6 Å². The van der Waals surface area contributed by atoms with Crippen molar-refractivity contribution in [3.63, 3.8) is 0 Å². The van der Waals surface area contributed by atoms with Crippen LogP contribution in [0, 0.1) is 23.1 Å². The average molecular weight is 269 g/mol. The van der Waals surface area contributed by atoms with Crippen molar-refractivity contribution in [2.45, 2.75) is 25.7 Å². The predicted octanol–water partition coefficient (Wildman–Crippen LogP) is 3.52. The molecule has 2 unspecified atom stereocenters. The van der Waals surface area contributed by atoms with Crippen molar-refractivity contribution >= 4 is 17.6 Å². The molecule has 2 nitrogen and oxygen atoms in total. The summed E-state index contributed by atoms with van der Waals surface area (Å²) in [6.45, 7) is 0. The Bertz CT molecular complexity index is 505. The monoisotopic (exact) mass is 268 g/mol. The molecule has 0 radical (unpaired) electrons. The van der Waals surface area contributed by atoms with Crippen molar-refractivity contribution in [1.29, 1.82) is 0 Å². The first-order valence-corrected chi connectivity index (χ1v) is 6.55. The van der Waals surface area contributed by atoms with Gasteiger partial charge >= 0.3 is 5.97 Å². The first-order valence-electron chi connectivity index (χ1n) is 6.17. The summed E-state index contributed by atoms with van der Waals surface area (Å²) in [6, 6.07) is 4.49. The molecule has 4 heteroatoms. The van der Waals surface area contributed by atoms with Crippen LogP contribution in [-0.4, -0.2) is 11.1 Å². The SMILES string of the molecule is O=C(O)C1(Cc2ccc(F)c(Cl)c2)CC2CC2C1. The second kappa shape index (κ2) is 3.95. The number of hydrogen-bond acceptors (Lipinski definition) is 1. The number of aliphatic carboxylic acids is 1. The molecule has 1 aromatic rings. The summed E-state index contributed by atoms with van der Waals surface area (Å²) in [5.74, 6) is 0.00301. The molecular weight excluding hydrogens is 255 g/mol. The van der Waals surface area contributed by atoms with Crippen molar-refractivity contribution in [1.82, 2.24) is 0 Å². The molecule has 3 rings (SSSR count). The zero-order valence-electron chi connectivity index (χ0n) is 9.83. The van der Waals surface area contributed by atoms with E-state index in [0.717, 1.165) is 18.4 Å². The highest BCUT2D eigenvalue weighted by atomic mass is 35.5. The van der Waals surface area contributed by atoms with E-state index < -0.39 is 17.2 Å². The predicted molar refractivity (Wildman–Crippen MR) is 66.0 cm³/mol. The second-order valence-electron chi connectivity index (χ2n) is 5.67. The van der Waals surface area contributed by atoms with Crippen LogP contribution in [0.5, 0.6) is 0 Å². The quantitative estimate of drug-likeness (QED) is 0.911. The molecule has 2 atom stereocenters. The van der Waals surface area contributed by atoms with Gasteiger partial charge in [0, 0.05) is 0 Å². The third kappa shape index (κ3) is 1.91. The molecule has 0 amide bonds. The number of carbonyl (C=O) groups is 1. The Kier molecular flexibility index (Phi) is 2.63. The molecule has 0 bridgehead atoms. The maximum Gasteiger partial charge on any atom is 0.309 e. The van der Waals surface area contributed by atoms with Crippen LogP contribution in [0.25, 0.3) is 0 Å². The van der Waals surface area contributed by atoms with Gasteiger partial charge in [-0.1, -0.05) is 17.7 Å². The van der Waals surface area contributed by atoms with Crippen LogP contribution in [0.3, 0.4) is 0 Å². The lowest BCUT2D eigenvalue weighted by molar-refractivity contribution is -0.149. The Labute approximate surface area is 110 Å². The fraction of sp³-hybridized carbons (Fsp3) is 0.500. The van der Waals surface area contributed by atoms with E-state index in [1.807, 2.05) is 0 Å². The van der Waals surface area contributed by atoms with E-state index in [9.17, 15) is 14.3 Å². The van der Waals surface area contributed by atoms with Crippen molar-refractivity contribution in [2.24, 2.45) is 17.3 Å². The molecular formula is C14H14ClFO2. The topological polar surface area (TPSA) is 37.3 Å². The zero-order valence-corrected chi connectivity index (χ0v) is 10.6. The highest BCUT2D eigenvalue weighted by molar-refractivity contribution is 6.30. The highest BCUT2D eigenvalue weighted by Crippen LogP contribution is 2.61. The van der Waals surface area contributed by atoms with Crippen molar-refractivity contribution in [3.05, 3.63) is 34.6 Å². The third-order valence-electron chi connectivity index (χ3n) is 4.36. The second-order valence-corrected chi connectivity index (χ2v) is 6.08. The molecule has 2 saturated carbocycles. The van der Waals surface area contributed by atoms with Gasteiger partial charge in [0.1, 0.15) is 5.82 Å². The van der Waals surface area contributed by atoms with Gasteiger partial charge in [-0.05, 0) is 55.2 Å². The summed E-state index contributed by atoms with van der Waals surface area (Å²) in [5, 5.41) is 9.55. The maximum atomic E-state index is 13.1. The molecule has 0 saturated heterocycles. The molecule has 2 aliphatic carbocycles. The summed E-state index contributed by atoms with van der Waals surface area (Å²) >= 11 is 5.74. The van der Waals surface area contributed by atoms with Crippen molar-refractivity contribution in [2.75, 3.05) is 0 Å². The van der Waals surface area contributed by atoms with E-state index in [4.69, 9.17) is 11.6 Å². The lowest BCUT2D eigenvalue weighted by atomic mass is 9.77. The minimum atomic E-state index is -0.727. The normalized spacial score (nSPS) is 33.2. The Balaban J connectivity index is 1.85. The van der Waals surface area contributed by atoms with Crippen LogP contribution in [-0.2, 0) is 11.2 Å². The molecule has 1 N–H and O–H groups in total. The smallest absolute Gasteiger partial charge is 0.309 e. The van der Waals surface area contributed by atoms with Crippen LogP contribution in [0.4, 0.5) is 4.39 Å². The lowest BCUT2D eigenvalue weighted by Gasteiger charge is -2.26. The van der Waals surface area contributed by atoms with Crippen LogP contribution in [0.1, 0.15) is 24.8 Å². The zero-order chi connectivity index (χ0) is 12.9. The van der Waals surface area contributed by atoms with E-state index in [2.05, 4.69) is 0 Å². The minimum Gasteiger partial charge on any atom is -0.481 e. The standard InChI is InChI=1S/C14H14ClFO2/c15-11-3-8(1-2-12(11)16)5-14(13(17)18)6-9-4-10(9)7-14/h1-3,9-10H,4-7H2,(H,17,18). The average Bonchev–Trinajstić information content (AvgIpc) is 2.92. The number of rotatable bonds is 3. The number of carboxylic acids is 1. The maximum absolute atomic E-state index is 13.1. The van der Waals surface area contributed by atoms with Gasteiger partial charge in [-0.3, -0.25) is 4.79 Å². The molecule has 1 aromatic carbocycles. The Hall–Kier alpha value is -1.09. The van der Waals surface area contributed by atoms with Crippen molar-refractivity contribution < 1.29 is 14.3 Å².